The van der Waals surface area contributed by atoms with Gasteiger partial charge in [0.2, 0.25) is 0 Å². The van der Waals surface area contributed by atoms with E-state index >= 15 is 0 Å². The molecule has 0 aliphatic heterocycles. The van der Waals surface area contributed by atoms with Gasteiger partial charge >= 0.3 is 0 Å². The van der Waals surface area contributed by atoms with E-state index in [1.807, 2.05) is 14.1 Å². The van der Waals surface area contributed by atoms with Crippen molar-refractivity contribution >= 4 is 11.6 Å². The van der Waals surface area contributed by atoms with Crippen molar-refractivity contribution in [2.24, 2.45) is 0 Å². The standard InChI is InChI=1S/C13H20FN3O/c1-17(2)9-4-3-8-16-13(18)10-6-5-7-11(14)12(10)15/h5-7H,3-4,8-9,15H2,1-2H3,(H,16,18). The fourth-order valence-corrected chi connectivity index (χ4v) is 1.59. The number of para-hydroxylation sites is 1. The number of amides is 1. The van der Waals surface area contributed by atoms with Gasteiger partial charge < -0.3 is 16.0 Å². The van der Waals surface area contributed by atoms with Crippen LogP contribution in [0.3, 0.4) is 0 Å². The zero-order valence-corrected chi connectivity index (χ0v) is 10.9. The van der Waals surface area contributed by atoms with Crippen LogP contribution in [0.15, 0.2) is 18.2 Å². The van der Waals surface area contributed by atoms with Crippen molar-refractivity contribution < 1.29 is 9.18 Å². The van der Waals surface area contributed by atoms with Gasteiger partial charge in [0.25, 0.3) is 5.91 Å². The highest BCUT2D eigenvalue weighted by molar-refractivity contribution is 5.99. The number of carbonyl (C=O) groups is 1. The SMILES string of the molecule is CN(C)CCCCNC(=O)c1cccc(F)c1N. The number of carbonyl (C=O) groups excluding carboxylic acids is 1. The van der Waals surface area contributed by atoms with Gasteiger partial charge in [-0.3, -0.25) is 4.79 Å². The van der Waals surface area contributed by atoms with Gasteiger partial charge in [0.15, 0.2) is 0 Å². The molecule has 4 nitrogen and oxygen atoms in total. The van der Waals surface area contributed by atoms with E-state index in [1.165, 1.54) is 18.2 Å². The van der Waals surface area contributed by atoms with Crippen molar-refractivity contribution in [1.29, 1.82) is 0 Å². The van der Waals surface area contributed by atoms with Crippen LogP contribution in [0.2, 0.25) is 0 Å². The molecular formula is C13H20FN3O. The highest BCUT2D eigenvalue weighted by Gasteiger charge is 2.11. The minimum absolute atomic E-state index is 0.0942. The number of anilines is 1. The first kappa shape index (κ1) is 14.4. The van der Waals surface area contributed by atoms with Gasteiger partial charge in [0.05, 0.1) is 11.3 Å². The number of nitrogen functional groups attached to an aromatic ring is 1. The van der Waals surface area contributed by atoms with Crippen LogP contribution < -0.4 is 11.1 Å². The van der Waals surface area contributed by atoms with Gasteiger partial charge in [-0.2, -0.15) is 0 Å². The van der Waals surface area contributed by atoms with E-state index in [0.29, 0.717) is 6.54 Å². The predicted octanol–water partition coefficient (Wildman–Crippen LogP) is 1.48. The molecule has 0 aliphatic carbocycles. The third-order valence-corrected chi connectivity index (χ3v) is 2.62. The molecule has 1 amide bonds. The van der Waals surface area contributed by atoms with E-state index in [1.54, 1.807) is 0 Å². The lowest BCUT2D eigenvalue weighted by Crippen LogP contribution is -2.26. The van der Waals surface area contributed by atoms with Gasteiger partial charge in [-0.1, -0.05) is 6.07 Å². The molecule has 18 heavy (non-hydrogen) atoms. The maximum absolute atomic E-state index is 13.2. The van der Waals surface area contributed by atoms with E-state index < -0.39 is 5.82 Å². The number of hydrogen-bond donors (Lipinski definition) is 2. The second-order valence-corrected chi connectivity index (χ2v) is 4.47. The lowest BCUT2D eigenvalue weighted by atomic mass is 10.1. The van der Waals surface area contributed by atoms with Crippen molar-refractivity contribution in [2.45, 2.75) is 12.8 Å². The molecule has 0 atom stereocenters. The summed E-state index contributed by atoms with van der Waals surface area (Å²) in [5, 5.41) is 2.74. The summed E-state index contributed by atoms with van der Waals surface area (Å²) >= 11 is 0. The van der Waals surface area contributed by atoms with Gasteiger partial charge in [0, 0.05) is 6.54 Å². The van der Waals surface area contributed by atoms with Crippen LogP contribution >= 0.6 is 0 Å². The Morgan fingerprint density at radius 3 is 2.78 bits per heavy atom. The Morgan fingerprint density at radius 2 is 2.11 bits per heavy atom. The fourth-order valence-electron chi connectivity index (χ4n) is 1.59. The number of nitrogens with one attached hydrogen (secondary N) is 1. The predicted molar refractivity (Wildman–Crippen MR) is 70.9 cm³/mol. The largest absolute Gasteiger partial charge is 0.396 e. The number of nitrogens with two attached hydrogens (primary N) is 1. The Morgan fingerprint density at radius 1 is 1.39 bits per heavy atom. The number of unbranched alkanes of at least 4 members (excludes halogenated alkanes) is 1. The normalized spacial score (nSPS) is 10.7. The van der Waals surface area contributed by atoms with Gasteiger partial charge in [-0.05, 0) is 45.6 Å². The van der Waals surface area contributed by atoms with Gasteiger partial charge in [-0.25, -0.2) is 4.39 Å². The van der Waals surface area contributed by atoms with Crippen LogP contribution in [0.25, 0.3) is 0 Å². The molecule has 0 bridgehead atoms. The summed E-state index contributed by atoms with van der Waals surface area (Å²) in [5.74, 6) is -0.882. The average molecular weight is 253 g/mol. The third kappa shape index (κ3) is 4.33. The molecule has 0 saturated heterocycles. The summed E-state index contributed by atoms with van der Waals surface area (Å²) in [7, 11) is 4.01. The van der Waals surface area contributed by atoms with Crippen LogP contribution in [-0.2, 0) is 0 Å². The first-order valence-electron chi connectivity index (χ1n) is 5.99. The molecule has 0 heterocycles. The Kier molecular flexibility index (Phi) is 5.58. The number of rotatable bonds is 6. The van der Waals surface area contributed by atoms with Crippen LogP contribution in [0.1, 0.15) is 23.2 Å². The molecule has 5 heteroatoms. The van der Waals surface area contributed by atoms with Crippen molar-refractivity contribution in [1.82, 2.24) is 10.2 Å². The highest BCUT2D eigenvalue weighted by atomic mass is 19.1. The summed E-state index contributed by atoms with van der Waals surface area (Å²) < 4.78 is 13.2. The topological polar surface area (TPSA) is 58.4 Å². The average Bonchev–Trinajstić information content (AvgIpc) is 2.31. The minimum atomic E-state index is -0.560. The quantitative estimate of drug-likeness (QED) is 0.596. The lowest BCUT2D eigenvalue weighted by Gasteiger charge is -2.10. The molecule has 0 unspecified atom stereocenters. The van der Waals surface area contributed by atoms with E-state index in [4.69, 9.17) is 5.73 Å². The summed E-state index contributed by atoms with van der Waals surface area (Å²) in [6.45, 7) is 1.56. The molecule has 0 fully saturated rings. The number of halogens is 1. The van der Waals surface area contributed by atoms with E-state index in [0.717, 1.165) is 19.4 Å². The van der Waals surface area contributed by atoms with Crippen molar-refractivity contribution in [2.75, 3.05) is 32.9 Å². The molecule has 100 valence electrons. The minimum Gasteiger partial charge on any atom is -0.396 e. The van der Waals surface area contributed by atoms with E-state index in [9.17, 15) is 9.18 Å². The Hall–Kier alpha value is -1.62. The summed E-state index contributed by atoms with van der Waals surface area (Å²) in [5.41, 5.74) is 5.61. The molecule has 1 aromatic rings. The molecule has 0 saturated carbocycles. The molecule has 1 aromatic carbocycles. The zero-order valence-electron chi connectivity index (χ0n) is 10.9. The smallest absolute Gasteiger partial charge is 0.253 e. The van der Waals surface area contributed by atoms with Crippen LogP contribution in [-0.4, -0.2) is 38.0 Å². The first-order chi connectivity index (χ1) is 8.52. The number of hydrogen-bond acceptors (Lipinski definition) is 3. The number of benzene rings is 1. The molecule has 3 N–H and O–H groups in total. The second kappa shape index (κ2) is 6.96. The Bertz CT molecular complexity index is 407. The monoisotopic (exact) mass is 253 g/mol. The van der Waals surface area contributed by atoms with Crippen LogP contribution in [0, 0.1) is 5.82 Å². The van der Waals surface area contributed by atoms with Crippen LogP contribution in [0.5, 0.6) is 0 Å². The molecule has 0 spiro atoms. The fraction of sp³-hybridized carbons (Fsp3) is 0.462. The second-order valence-electron chi connectivity index (χ2n) is 4.47. The Balaban J connectivity index is 2.39. The lowest BCUT2D eigenvalue weighted by molar-refractivity contribution is 0.0953. The maximum atomic E-state index is 13.2. The summed E-state index contributed by atoms with van der Waals surface area (Å²) in [6, 6.07) is 4.24. The molecule has 0 aromatic heterocycles. The zero-order chi connectivity index (χ0) is 13.5. The molecule has 0 aliphatic rings. The van der Waals surface area contributed by atoms with Gasteiger partial charge in [-0.15, -0.1) is 0 Å². The Labute approximate surface area is 107 Å². The van der Waals surface area contributed by atoms with E-state index in [2.05, 4.69) is 10.2 Å². The molecule has 0 radical (unpaired) electrons. The third-order valence-electron chi connectivity index (χ3n) is 2.62. The summed E-state index contributed by atoms with van der Waals surface area (Å²) in [4.78, 5) is 13.8. The number of nitrogens with zero attached hydrogens (tertiary/aromatic N) is 1. The van der Waals surface area contributed by atoms with Crippen molar-refractivity contribution in [3.05, 3.63) is 29.6 Å². The van der Waals surface area contributed by atoms with Crippen molar-refractivity contribution in [3.8, 4) is 0 Å². The molecule has 1 rings (SSSR count). The summed E-state index contributed by atoms with van der Waals surface area (Å²) in [6.07, 6.45) is 1.89. The maximum Gasteiger partial charge on any atom is 0.253 e. The highest BCUT2D eigenvalue weighted by Crippen LogP contribution is 2.15. The van der Waals surface area contributed by atoms with Crippen molar-refractivity contribution in [3.63, 3.8) is 0 Å². The molecular weight excluding hydrogens is 233 g/mol. The first-order valence-corrected chi connectivity index (χ1v) is 5.99. The van der Waals surface area contributed by atoms with Crippen LogP contribution in [0.4, 0.5) is 10.1 Å². The van der Waals surface area contributed by atoms with E-state index in [-0.39, 0.29) is 17.2 Å². The van der Waals surface area contributed by atoms with Gasteiger partial charge in [0.1, 0.15) is 5.82 Å².